The smallest absolute Gasteiger partial charge is 0.270 e. The lowest BCUT2D eigenvalue weighted by Gasteiger charge is -2.29. The number of hydrogen-bond donors (Lipinski definition) is 1. The summed E-state index contributed by atoms with van der Waals surface area (Å²) in [5.74, 6) is 0.305. The number of carbonyl (C=O) groups excluding carboxylic acids is 2. The highest BCUT2D eigenvalue weighted by atomic mass is 35.5. The van der Waals surface area contributed by atoms with Gasteiger partial charge in [0.2, 0.25) is 0 Å². The van der Waals surface area contributed by atoms with Crippen molar-refractivity contribution in [3.8, 4) is 22.8 Å². The molecule has 168 valence electrons. The molecule has 1 aromatic heterocycles. The van der Waals surface area contributed by atoms with Gasteiger partial charge in [-0.2, -0.15) is 0 Å². The number of halogens is 2. The Balaban J connectivity index is 1.71. The van der Waals surface area contributed by atoms with Crippen molar-refractivity contribution in [1.82, 2.24) is 5.32 Å². The van der Waals surface area contributed by atoms with Crippen LogP contribution in [0.1, 0.15) is 5.76 Å². The van der Waals surface area contributed by atoms with Gasteiger partial charge in [-0.25, -0.2) is 4.90 Å². The lowest BCUT2D eigenvalue weighted by atomic mass is 10.1. The standard InChI is InChI=1S/C23H16Cl2N2O5S/c1-30-12-6-8-17(19(11-12)31-2)27-22(29)15(21(28)26-23(27)33)10-13-7-9-18(32-13)14-4-3-5-16(24)20(14)25/h3-11H,1-2H3,(H,26,28,33)/b15-10-. The number of thiocarbonyl (C=S) groups is 1. The molecule has 1 fully saturated rings. The van der Waals surface area contributed by atoms with Crippen LogP contribution in [-0.4, -0.2) is 31.1 Å². The Bertz CT molecular complexity index is 1320. The molecule has 0 bridgehead atoms. The zero-order valence-electron chi connectivity index (χ0n) is 17.3. The predicted molar refractivity (Wildman–Crippen MR) is 130 cm³/mol. The van der Waals surface area contributed by atoms with E-state index in [1.807, 2.05) is 0 Å². The second-order valence-electron chi connectivity index (χ2n) is 6.80. The fraction of sp³-hybridized carbons (Fsp3) is 0.0870. The third-order valence-electron chi connectivity index (χ3n) is 4.86. The first-order valence-electron chi connectivity index (χ1n) is 9.51. The van der Waals surface area contributed by atoms with Gasteiger partial charge in [0.15, 0.2) is 5.11 Å². The molecule has 0 atom stereocenters. The molecule has 1 N–H and O–H groups in total. The van der Waals surface area contributed by atoms with Gasteiger partial charge in [-0.3, -0.25) is 14.9 Å². The van der Waals surface area contributed by atoms with Crippen LogP contribution in [0.3, 0.4) is 0 Å². The minimum Gasteiger partial charge on any atom is -0.497 e. The molecule has 2 heterocycles. The van der Waals surface area contributed by atoms with E-state index in [-0.39, 0.29) is 16.4 Å². The van der Waals surface area contributed by atoms with Crippen molar-refractivity contribution in [2.75, 3.05) is 19.1 Å². The molecule has 0 unspecified atom stereocenters. The van der Waals surface area contributed by atoms with Crippen molar-refractivity contribution in [3.05, 3.63) is 69.9 Å². The SMILES string of the molecule is COc1ccc(N2C(=O)/C(=C\c3ccc(-c4cccc(Cl)c4Cl)o3)C(=O)NC2=S)c(OC)c1. The molecular weight excluding hydrogens is 487 g/mol. The first-order chi connectivity index (χ1) is 15.8. The minimum absolute atomic E-state index is 0.0727. The molecule has 1 aliphatic rings. The molecule has 2 amide bonds. The van der Waals surface area contributed by atoms with Gasteiger partial charge in [0.25, 0.3) is 11.8 Å². The summed E-state index contributed by atoms with van der Waals surface area (Å²) in [5, 5.41) is 3.17. The monoisotopic (exact) mass is 502 g/mol. The number of amides is 2. The minimum atomic E-state index is -0.646. The average molecular weight is 503 g/mol. The van der Waals surface area contributed by atoms with Gasteiger partial charge in [0.05, 0.1) is 30.0 Å². The highest BCUT2D eigenvalue weighted by molar-refractivity contribution is 7.80. The van der Waals surface area contributed by atoms with E-state index >= 15 is 0 Å². The summed E-state index contributed by atoms with van der Waals surface area (Å²) in [6.07, 6.45) is 1.34. The van der Waals surface area contributed by atoms with Gasteiger partial charge in [-0.15, -0.1) is 0 Å². The number of ether oxygens (including phenoxy) is 2. The second-order valence-corrected chi connectivity index (χ2v) is 7.97. The van der Waals surface area contributed by atoms with Crippen LogP contribution in [0.5, 0.6) is 11.5 Å². The molecule has 10 heteroatoms. The van der Waals surface area contributed by atoms with Crippen molar-refractivity contribution in [2.24, 2.45) is 0 Å². The lowest BCUT2D eigenvalue weighted by molar-refractivity contribution is -0.122. The molecule has 7 nitrogen and oxygen atoms in total. The van der Waals surface area contributed by atoms with Crippen LogP contribution in [-0.2, 0) is 9.59 Å². The number of rotatable bonds is 5. The van der Waals surface area contributed by atoms with Crippen LogP contribution in [0, 0.1) is 0 Å². The summed E-state index contributed by atoms with van der Waals surface area (Å²) in [7, 11) is 2.97. The Morgan fingerprint density at radius 1 is 1.06 bits per heavy atom. The summed E-state index contributed by atoms with van der Waals surface area (Å²) >= 11 is 17.6. The zero-order valence-corrected chi connectivity index (χ0v) is 19.7. The van der Waals surface area contributed by atoms with Crippen molar-refractivity contribution in [1.29, 1.82) is 0 Å². The quantitative estimate of drug-likeness (QED) is 0.297. The van der Waals surface area contributed by atoms with E-state index in [0.717, 1.165) is 0 Å². The molecule has 2 aromatic carbocycles. The Morgan fingerprint density at radius 3 is 2.58 bits per heavy atom. The molecule has 3 aromatic rings. The van der Waals surface area contributed by atoms with E-state index in [1.54, 1.807) is 48.5 Å². The normalized spacial score (nSPS) is 15.1. The van der Waals surface area contributed by atoms with E-state index < -0.39 is 11.8 Å². The molecule has 0 saturated carbocycles. The number of nitrogens with zero attached hydrogens (tertiary/aromatic N) is 1. The number of carbonyl (C=O) groups is 2. The number of hydrogen-bond acceptors (Lipinski definition) is 6. The molecule has 0 spiro atoms. The maximum absolute atomic E-state index is 13.3. The van der Waals surface area contributed by atoms with Crippen LogP contribution in [0.25, 0.3) is 17.4 Å². The van der Waals surface area contributed by atoms with Crippen molar-refractivity contribution < 1.29 is 23.5 Å². The largest absolute Gasteiger partial charge is 0.497 e. The fourth-order valence-electron chi connectivity index (χ4n) is 3.26. The van der Waals surface area contributed by atoms with E-state index in [1.165, 1.54) is 25.2 Å². The van der Waals surface area contributed by atoms with Gasteiger partial charge >= 0.3 is 0 Å². The summed E-state index contributed by atoms with van der Waals surface area (Å²) in [4.78, 5) is 27.1. The number of nitrogens with one attached hydrogen (secondary N) is 1. The fourth-order valence-corrected chi connectivity index (χ4v) is 3.93. The Kier molecular flexibility index (Phi) is 6.42. The maximum Gasteiger partial charge on any atom is 0.270 e. The van der Waals surface area contributed by atoms with E-state index in [9.17, 15) is 9.59 Å². The summed E-state index contributed by atoms with van der Waals surface area (Å²) in [5.41, 5.74) is 0.767. The van der Waals surface area contributed by atoms with Crippen LogP contribution < -0.4 is 19.7 Å². The maximum atomic E-state index is 13.3. The topological polar surface area (TPSA) is 81.0 Å². The van der Waals surface area contributed by atoms with Crippen LogP contribution in [0.15, 0.2) is 58.5 Å². The molecule has 4 rings (SSSR count). The van der Waals surface area contributed by atoms with E-state index in [0.29, 0.717) is 38.6 Å². The van der Waals surface area contributed by atoms with Crippen molar-refractivity contribution in [2.45, 2.75) is 0 Å². The van der Waals surface area contributed by atoms with Crippen LogP contribution in [0.2, 0.25) is 10.0 Å². The Labute approximate surface area is 204 Å². The van der Waals surface area contributed by atoms with Crippen LogP contribution in [0.4, 0.5) is 5.69 Å². The van der Waals surface area contributed by atoms with Gasteiger partial charge in [-0.05, 0) is 54.7 Å². The highest BCUT2D eigenvalue weighted by Gasteiger charge is 2.36. The molecule has 1 aliphatic heterocycles. The highest BCUT2D eigenvalue weighted by Crippen LogP contribution is 2.36. The number of benzene rings is 2. The Hall–Kier alpha value is -3.33. The Morgan fingerprint density at radius 2 is 1.85 bits per heavy atom. The van der Waals surface area contributed by atoms with Crippen molar-refractivity contribution >= 4 is 64.1 Å². The first-order valence-corrected chi connectivity index (χ1v) is 10.7. The first kappa shape index (κ1) is 22.8. The summed E-state index contributed by atoms with van der Waals surface area (Å²) in [6, 6.07) is 13.3. The molecule has 0 aliphatic carbocycles. The van der Waals surface area contributed by atoms with Crippen LogP contribution >= 0.6 is 35.4 Å². The number of furan rings is 1. The number of methoxy groups -OCH3 is 2. The second kappa shape index (κ2) is 9.27. The summed E-state index contributed by atoms with van der Waals surface area (Å²) in [6.45, 7) is 0. The third-order valence-corrected chi connectivity index (χ3v) is 5.96. The lowest BCUT2D eigenvalue weighted by Crippen LogP contribution is -2.54. The average Bonchev–Trinajstić information content (AvgIpc) is 3.27. The third kappa shape index (κ3) is 4.32. The van der Waals surface area contributed by atoms with E-state index in [2.05, 4.69) is 5.32 Å². The summed E-state index contributed by atoms with van der Waals surface area (Å²) < 4.78 is 16.4. The van der Waals surface area contributed by atoms with Gasteiger partial charge < -0.3 is 13.9 Å². The van der Waals surface area contributed by atoms with E-state index in [4.69, 9.17) is 49.3 Å². The van der Waals surface area contributed by atoms with Gasteiger partial charge in [0, 0.05) is 11.6 Å². The molecule has 1 saturated heterocycles. The van der Waals surface area contributed by atoms with Crippen molar-refractivity contribution in [3.63, 3.8) is 0 Å². The molecular formula is C23H16Cl2N2O5S. The number of anilines is 1. The zero-order chi connectivity index (χ0) is 23.7. The van der Waals surface area contributed by atoms with Gasteiger partial charge in [-0.1, -0.05) is 29.3 Å². The predicted octanol–water partition coefficient (Wildman–Crippen LogP) is 5.10. The van der Waals surface area contributed by atoms with Gasteiger partial charge in [0.1, 0.15) is 28.6 Å². The molecule has 33 heavy (non-hydrogen) atoms. The molecule has 0 radical (unpaired) electrons.